The molecule has 0 saturated heterocycles. The average molecular weight is 332 g/mol. The molecule has 0 unspecified atom stereocenters. The fourth-order valence-electron chi connectivity index (χ4n) is 3.25. The minimum atomic E-state index is -0.993. The number of hydrogen-bond acceptors (Lipinski definition) is 4. The number of pyridine rings is 2. The predicted octanol–water partition coefficient (Wildman–Crippen LogP) is 4.67. The summed E-state index contributed by atoms with van der Waals surface area (Å²) in [6.45, 7) is 5.63. The number of furan rings is 1. The third-order valence-electron chi connectivity index (χ3n) is 4.41. The Balaban J connectivity index is 2.08. The Hall–Kier alpha value is -3.21. The van der Waals surface area contributed by atoms with E-state index in [0.717, 1.165) is 22.2 Å². The van der Waals surface area contributed by atoms with Crippen LogP contribution in [-0.2, 0) is 0 Å². The highest BCUT2D eigenvalue weighted by molar-refractivity contribution is 6.04. The summed E-state index contributed by atoms with van der Waals surface area (Å²) < 4.78 is 5.96. The number of nitrogens with zero attached hydrogens (tertiary/aromatic N) is 2. The van der Waals surface area contributed by atoms with Gasteiger partial charge < -0.3 is 9.52 Å². The van der Waals surface area contributed by atoms with Gasteiger partial charge in [-0.1, -0.05) is 18.2 Å². The highest BCUT2D eigenvalue weighted by atomic mass is 16.4. The Morgan fingerprint density at radius 3 is 2.52 bits per heavy atom. The first kappa shape index (κ1) is 15.3. The SMILES string of the molecule is Cc1cc2c(C(=O)O)cc(-c3oc4ccccc4c3C)nc2c(C)n1. The summed E-state index contributed by atoms with van der Waals surface area (Å²) in [7, 11) is 0. The van der Waals surface area contributed by atoms with E-state index in [1.807, 2.05) is 45.0 Å². The molecule has 1 aromatic carbocycles. The lowest BCUT2D eigenvalue weighted by Crippen LogP contribution is -2.03. The van der Waals surface area contributed by atoms with Crippen LogP contribution in [-0.4, -0.2) is 21.0 Å². The van der Waals surface area contributed by atoms with Crippen molar-refractivity contribution in [1.82, 2.24) is 9.97 Å². The Bertz CT molecular complexity index is 1160. The molecule has 3 aromatic heterocycles. The topological polar surface area (TPSA) is 76.2 Å². The second kappa shape index (κ2) is 5.41. The van der Waals surface area contributed by atoms with E-state index in [1.165, 1.54) is 0 Å². The molecule has 5 nitrogen and oxygen atoms in total. The van der Waals surface area contributed by atoms with Crippen LogP contribution in [0, 0.1) is 20.8 Å². The molecule has 0 spiro atoms. The van der Waals surface area contributed by atoms with Crippen molar-refractivity contribution in [2.24, 2.45) is 0 Å². The van der Waals surface area contributed by atoms with Gasteiger partial charge in [-0.2, -0.15) is 0 Å². The van der Waals surface area contributed by atoms with E-state index < -0.39 is 5.97 Å². The number of aryl methyl sites for hydroxylation is 3. The van der Waals surface area contributed by atoms with Crippen LogP contribution in [0.25, 0.3) is 33.3 Å². The first-order valence-corrected chi connectivity index (χ1v) is 7.96. The van der Waals surface area contributed by atoms with Crippen LogP contribution >= 0.6 is 0 Å². The minimum Gasteiger partial charge on any atom is -0.478 e. The van der Waals surface area contributed by atoms with Gasteiger partial charge in [-0.25, -0.2) is 9.78 Å². The maximum Gasteiger partial charge on any atom is 0.336 e. The first-order valence-electron chi connectivity index (χ1n) is 7.96. The fraction of sp³-hybridized carbons (Fsp3) is 0.150. The maximum atomic E-state index is 11.8. The molecule has 4 rings (SSSR count). The zero-order valence-corrected chi connectivity index (χ0v) is 14.1. The lowest BCUT2D eigenvalue weighted by molar-refractivity contribution is 0.0699. The van der Waals surface area contributed by atoms with Gasteiger partial charge in [-0.05, 0) is 39.0 Å². The summed E-state index contributed by atoms with van der Waals surface area (Å²) >= 11 is 0. The molecule has 124 valence electrons. The molecule has 3 heterocycles. The van der Waals surface area contributed by atoms with Gasteiger partial charge in [0.05, 0.1) is 16.8 Å². The van der Waals surface area contributed by atoms with E-state index in [-0.39, 0.29) is 5.56 Å². The van der Waals surface area contributed by atoms with Crippen molar-refractivity contribution in [3.8, 4) is 11.5 Å². The van der Waals surface area contributed by atoms with Gasteiger partial charge in [0, 0.05) is 22.0 Å². The molecule has 0 saturated carbocycles. The van der Waals surface area contributed by atoms with Gasteiger partial charge in [0.1, 0.15) is 11.3 Å². The number of carbonyl (C=O) groups is 1. The molecule has 0 aliphatic rings. The van der Waals surface area contributed by atoms with Crippen LogP contribution in [0.5, 0.6) is 0 Å². The van der Waals surface area contributed by atoms with Crippen LogP contribution in [0.1, 0.15) is 27.3 Å². The normalized spacial score (nSPS) is 11.3. The van der Waals surface area contributed by atoms with Crippen LogP contribution in [0.3, 0.4) is 0 Å². The van der Waals surface area contributed by atoms with Gasteiger partial charge in [-0.3, -0.25) is 4.98 Å². The standard InChI is InChI=1S/C20H16N2O3/c1-10-8-14-15(20(23)24)9-16(22-18(14)12(3)21-10)19-11(2)13-6-4-5-7-17(13)25-19/h4-9H,1-3H3,(H,23,24). The number of carboxylic acids is 1. The number of carboxylic acid groups (broad SMARTS) is 1. The fourth-order valence-corrected chi connectivity index (χ4v) is 3.25. The molecule has 0 aliphatic carbocycles. The van der Waals surface area contributed by atoms with Crippen molar-refractivity contribution in [2.45, 2.75) is 20.8 Å². The number of aromatic carboxylic acids is 1. The molecule has 0 fully saturated rings. The van der Waals surface area contributed by atoms with Gasteiger partial charge in [0.15, 0.2) is 5.76 Å². The van der Waals surface area contributed by atoms with Gasteiger partial charge in [0.2, 0.25) is 0 Å². The zero-order chi connectivity index (χ0) is 17.7. The molecule has 5 heteroatoms. The average Bonchev–Trinajstić information content (AvgIpc) is 2.91. The smallest absolute Gasteiger partial charge is 0.336 e. The van der Waals surface area contributed by atoms with Crippen molar-refractivity contribution >= 4 is 27.8 Å². The maximum absolute atomic E-state index is 11.8. The van der Waals surface area contributed by atoms with Crippen molar-refractivity contribution < 1.29 is 14.3 Å². The summed E-state index contributed by atoms with van der Waals surface area (Å²) in [6, 6.07) is 11.1. The molecule has 1 N–H and O–H groups in total. The number of fused-ring (bicyclic) bond motifs is 2. The van der Waals surface area contributed by atoms with Gasteiger partial charge in [0.25, 0.3) is 0 Å². The van der Waals surface area contributed by atoms with Crippen LogP contribution in [0.4, 0.5) is 0 Å². The van der Waals surface area contributed by atoms with E-state index in [2.05, 4.69) is 9.97 Å². The lowest BCUT2D eigenvalue weighted by Gasteiger charge is -2.09. The van der Waals surface area contributed by atoms with E-state index in [4.69, 9.17) is 4.42 Å². The number of rotatable bonds is 2. The number of para-hydroxylation sites is 1. The van der Waals surface area contributed by atoms with E-state index in [0.29, 0.717) is 28.1 Å². The number of benzene rings is 1. The van der Waals surface area contributed by atoms with Crippen molar-refractivity contribution in [1.29, 1.82) is 0 Å². The van der Waals surface area contributed by atoms with E-state index >= 15 is 0 Å². The third-order valence-corrected chi connectivity index (χ3v) is 4.41. The second-order valence-electron chi connectivity index (χ2n) is 6.16. The predicted molar refractivity (Wildman–Crippen MR) is 95.9 cm³/mol. The van der Waals surface area contributed by atoms with Crippen LogP contribution < -0.4 is 0 Å². The highest BCUT2D eigenvalue weighted by Gasteiger charge is 2.19. The van der Waals surface area contributed by atoms with Crippen molar-refractivity contribution in [3.05, 3.63) is 58.9 Å². The lowest BCUT2D eigenvalue weighted by atomic mass is 10.0. The minimum absolute atomic E-state index is 0.202. The largest absolute Gasteiger partial charge is 0.478 e. The Morgan fingerprint density at radius 1 is 1.04 bits per heavy atom. The molecule has 0 atom stereocenters. The Kier molecular flexibility index (Phi) is 3.32. The highest BCUT2D eigenvalue weighted by Crippen LogP contribution is 2.34. The summed E-state index contributed by atoms with van der Waals surface area (Å²) in [6.07, 6.45) is 0. The first-order chi connectivity index (χ1) is 12.0. The molecule has 0 bridgehead atoms. The van der Waals surface area contributed by atoms with Gasteiger partial charge >= 0.3 is 5.97 Å². The molecular formula is C20H16N2O3. The summed E-state index contributed by atoms with van der Waals surface area (Å²) in [5.41, 5.74) is 4.46. The summed E-state index contributed by atoms with van der Waals surface area (Å²) in [5, 5.41) is 11.3. The number of hydrogen-bond donors (Lipinski definition) is 1. The van der Waals surface area contributed by atoms with E-state index in [1.54, 1.807) is 12.1 Å². The summed E-state index contributed by atoms with van der Waals surface area (Å²) in [5.74, 6) is -0.405. The van der Waals surface area contributed by atoms with Crippen LogP contribution in [0.2, 0.25) is 0 Å². The zero-order valence-electron chi connectivity index (χ0n) is 14.1. The molecule has 0 radical (unpaired) electrons. The van der Waals surface area contributed by atoms with Crippen molar-refractivity contribution in [3.63, 3.8) is 0 Å². The second-order valence-corrected chi connectivity index (χ2v) is 6.16. The van der Waals surface area contributed by atoms with E-state index in [9.17, 15) is 9.90 Å². The molecule has 0 aliphatic heterocycles. The molecule has 25 heavy (non-hydrogen) atoms. The van der Waals surface area contributed by atoms with Crippen molar-refractivity contribution in [2.75, 3.05) is 0 Å². The molecular weight excluding hydrogens is 316 g/mol. The third kappa shape index (κ3) is 2.36. The molecule has 4 aromatic rings. The quantitative estimate of drug-likeness (QED) is 0.577. The summed E-state index contributed by atoms with van der Waals surface area (Å²) in [4.78, 5) is 20.9. The monoisotopic (exact) mass is 332 g/mol. The number of aromatic nitrogens is 2. The molecule has 0 amide bonds. The Morgan fingerprint density at radius 2 is 1.80 bits per heavy atom. The van der Waals surface area contributed by atoms with Gasteiger partial charge in [-0.15, -0.1) is 0 Å². The van der Waals surface area contributed by atoms with Crippen LogP contribution in [0.15, 0.2) is 40.8 Å². The Labute approximate surface area is 144 Å².